The number of rotatable bonds is 4. The summed E-state index contributed by atoms with van der Waals surface area (Å²) in [5, 5.41) is 4.51. The first-order chi connectivity index (χ1) is 16.0. The third kappa shape index (κ3) is 1.68. The maximum Gasteiger partial charge on any atom is 0.312 e. The van der Waals surface area contributed by atoms with E-state index in [0.29, 0.717) is 51.8 Å². The van der Waals surface area contributed by atoms with Gasteiger partial charge in [-0.3, -0.25) is 9.59 Å². The molecule has 1 heterocycles. The van der Waals surface area contributed by atoms with Crippen LogP contribution in [0.5, 0.6) is 0 Å². The molecule has 0 saturated heterocycles. The van der Waals surface area contributed by atoms with Crippen LogP contribution in [-0.4, -0.2) is 29.5 Å². The van der Waals surface area contributed by atoms with E-state index in [0.717, 1.165) is 20.9 Å². The lowest BCUT2D eigenvalue weighted by Gasteiger charge is -3.09. The smallest absolute Gasteiger partial charge is 0.312 e. The maximum atomic E-state index is 13.8. The molecule has 164 valence electrons. The van der Waals surface area contributed by atoms with Gasteiger partial charge < -0.3 is 10.1 Å². The Kier molecular flexibility index (Phi) is 3.22. The van der Waals surface area contributed by atoms with E-state index in [1.165, 1.54) is 7.11 Å². The predicted octanol–water partition coefficient (Wildman–Crippen LogP) is 4.71. The number of aromatic nitrogens is 1. The number of pyridine rings is 1. The number of carbonyl (C=O) groups excluding carboxylic acids is 2. The Hall–Kier alpha value is -2.44. The molecule has 0 spiro atoms. The Morgan fingerprint density at radius 3 is 2.33 bits per heavy atom. The third-order valence-electron chi connectivity index (χ3n) is 9.66. The van der Waals surface area contributed by atoms with E-state index in [-0.39, 0.29) is 22.8 Å². The number of methoxy groups -OCH3 is 1. The van der Waals surface area contributed by atoms with Gasteiger partial charge in [-0.15, -0.1) is 0 Å². The van der Waals surface area contributed by atoms with Crippen molar-refractivity contribution in [1.29, 1.82) is 0 Å². The zero-order valence-corrected chi connectivity index (χ0v) is 19.9. The topological polar surface area (TPSA) is 68.3 Å². The molecule has 0 atom stereocenters. The minimum absolute atomic E-state index is 0.0357. The number of nitrogens with zero attached hydrogens (tertiary/aromatic N) is 1. The minimum atomic E-state index is -0.215. The lowest BCUT2D eigenvalue weighted by molar-refractivity contribution is -0.609. The fraction of sp³-hybridized carbons (Fsp3) is 0.346. The molecule has 1 aromatic heterocycles. The van der Waals surface area contributed by atoms with Crippen molar-refractivity contribution in [3.8, 4) is 11.3 Å². The average Bonchev–Trinajstić information content (AvgIpc) is 2.84. The number of fused-ring (bicyclic) bond motifs is 1. The van der Waals surface area contributed by atoms with Gasteiger partial charge in [0.15, 0.2) is 0 Å². The number of nitrogens with one attached hydrogen (secondary N) is 1. The summed E-state index contributed by atoms with van der Waals surface area (Å²) in [4.78, 5) is 31.0. The molecule has 5 nitrogen and oxygen atoms in total. The van der Waals surface area contributed by atoms with Gasteiger partial charge in [0.2, 0.25) is 0 Å². The van der Waals surface area contributed by atoms with Gasteiger partial charge in [-0.05, 0) is 53.7 Å². The van der Waals surface area contributed by atoms with E-state index >= 15 is 0 Å². The Morgan fingerprint density at radius 1 is 1.03 bits per heavy atom. The van der Waals surface area contributed by atoms with Crippen molar-refractivity contribution in [1.82, 2.24) is 10.3 Å². The molecule has 6 saturated carbocycles. The average molecular weight is 522 g/mol. The van der Waals surface area contributed by atoms with Gasteiger partial charge in [-0.1, -0.05) is 57.9 Å². The molecule has 33 heavy (non-hydrogen) atoms. The first-order valence-electron chi connectivity index (χ1n) is 11.2. The summed E-state index contributed by atoms with van der Waals surface area (Å²) in [7, 11) is 1.49. The molecule has 6 aliphatic carbocycles. The van der Waals surface area contributed by atoms with Crippen molar-refractivity contribution < 1.29 is 14.3 Å². The number of carbonyl (C=O) groups is 2. The first kappa shape index (κ1) is 18.9. The summed E-state index contributed by atoms with van der Waals surface area (Å²) in [5.74, 6) is 2.22. The van der Waals surface area contributed by atoms with Gasteiger partial charge in [0.25, 0.3) is 5.91 Å². The number of halogens is 2. The molecular formula is C26H18BrClN2O3. The molecule has 9 rings (SSSR count). The Labute approximate surface area is 203 Å². The van der Waals surface area contributed by atoms with Crippen LogP contribution in [-0.2, 0) is 9.53 Å². The van der Waals surface area contributed by atoms with Gasteiger partial charge in [0.1, 0.15) is 0 Å². The van der Waals surface area contributed by atoms with Gasteiger partial charge in [0, 0.05) is 15.4 Å². The predicted molar refractivity (Wildman–Crippen MR) is 125 cm³/mol. The summed E-state index contributed by atoms with van der Waals surface area (Å²) in [5.41, 5.74) is 2.32. The van der Waals surface area contributed by atoms with Crippen molar-refractivity contribution in [2.45, 2.75) is 5.54 Å². The van der Waals surface area contributed by atoms with Gasteiger partial charge in [-0.2, -0.15) is 0 Å². The van der Waals surface area contributed by atoms with Gasteiger partial charge in [0.05, 0.1) is 39.9 Å². The second kappa shape index (κ2) is 5.61. The van der Waals surface area contributed by atoms with Crippen LogP contribution in [0.25, 0.3) is 22.2 Å². The zero-order valence-electron chi connectivity index (χ0n) is 17.5. The summed E-state index contributed by atoms with van der Waals surface area (Å²) < 4.78 is 5.98. The molecule has 6 fully saturated rings. The number of esters is 1. The van der Waals surface area contributed by atoms with Crippen molar-refractivity contribution in [3.63, 3.8) is 0 Å². The number of ether oxygens (including phenoxy) is 1. The lowest BCUT2D eigenvalue weighted by atomic mass is 8.94. The third-order valence-corrected chi connectivity index (χ3v) is 10.5. The van der Waals surface area contributed by atoms with E-state index < -0.39 is 0 Å². The van der Waals surface area contributed by atoms with Crippen molar-refractivity contribution in [3.05, 3.63) is 63.6 Å². The van der Waals surface area contributed by atoms with Gasteiger partial charge >= 0.3 is 5.97 Å². The monoisotopic (exact) mass is 520 g/mol. The van der Waals surface area contributed by atoms with E-state index in [1.54, 1.807) is 0 Å². The van der Waals surface area contributed by atoms with Crippen LogP contribution in [0.4, 0.5) is 0 Å². The summed E-state index contributed by atoms with van der Waals surface area (Å²) in [6.45, 7) is 0. The Balaban J connectivity index is 1.19. The Bertz CT molecular complexity index is 1400. The normalized spacial score (nSPS) is 39.2. The standard InChI is InChI=1S/C26H18BrClN2O3/c1-33-24(32)25-15-18-16(25)20-17(25)19(15)26(18,20)30-23(31)14-12-9-11(27)7-8-13(12)29-22(21(14)28)10-5-3-2-4-6-10/h2-9,15-20H,1H3,(H,30,31). The number of amides is 1. The number of benzene rings is 2. The fourth-order valence-corrected chi connectivity index (χ4v) is 9.54. The second-order valence-electron chi connectivity index (χ2n) is 10.1. The molecule has 0 bridgehead atoms. The van der Waals surface area contributed by atoms with Crippen LogP contribution < -0.4 is 5.32 Å². The lowest BCUT2D eigenvalue weighted by Crippen LogP contribution is -3.16. The minimum Gasteiger partial charge on any atom is -0.469 e. The van der Waals surface area contributed by atoms with Crippen molar-refractivity contribution in [2.75, 3.05) is 7.11 Å². The molecule has 0 radical (unpaired) electrons. The van der Waals surface area contributed by atoms with E-state index in [1.807, 2.05) is 48.5 Å². The van der Waals surface area contributed by atoms with Crippen LogP contribution in [0.15, 0.2) is 53.0 Å². The van der Waals surface area contributed by atoms with Crippen molar-refractivity contribution in [2.24, 2.45) is 40.9 Å². The first-order valence-corrected chi connectivity index (χ1v) is 12.4. The van der Waals surface area contributed by atoms with Crippen LogP contribution in [0, 0.1) is 40.9 Å². The van der Waals surface area contributed by atoms with Crippen molar-refractivity contribution >= 4 is 50.3 Å². The highest BCUT2D eigenvalue weighted by molar-refractivity contribution is 9.10. The molecule has 1 amide bonds. The van der Waals surface area contributed by atoms with E-state index in [9.17, 15) is 9.59 Å². The summed E-state index contributed by atoms with van der Waals surface area (Å²) >= 11 is 10.4. The molecular weight excluding hydrogens is 504 g/mol. The Morgan fingerprint density at radius 2 is 1.70 bits per heavy atom. The zero-order chi connectivity index (χ0) is 22.4. The summed E-state index contributed by atoms with van der Waals surface area (Å²) in [6, 6.07) is 15.4. The molecule has 7 heteroatoms. The highest BCUT2D eigenvalue weighted by Crippen LogP contribution is 3.07. The molecule has 6 aliphatic rings. The fourth-order valence-electron chi connectivity index (χ4n) is 8.84. The van der Waals surface area contributed by atoms with Crippen LogP contribution in [0.2, 0.25) is 5.02 Å². The van der Waals surface area contributed by atoms with Gasteiger partial charge in [-0.25, -0.2) is 4.98 Å². The molecule has 2 aromatic carbocycles. The van der Waals surface area contributed by atoms with E-state index in [4.69, 9.17) is 21.3 Å². The largest absolute Gasteiger partial charge is 0.469 e. The molecule has 0 unspecified atom stereocenters. The van der Waals surface area contributed by atoms with E-state index in [2.05, 4.69) is 21.2 Å². The quantitative estimate of drug-likeness (QED) is 0.505. The number of hydrogen-bond acceptors (Lipinski definition) is 4. The number of hydrogen-bond donors (Lipinski definition) is 1. The summed E-state index contributed by atoms with van der Waals surface area (Å²) in [6.07, 6.45) is 0. The van der Waals surface area contributed by atoms with Crippen LogP contribution >= 0.6 is 27.5 Å². The molecule has 3 aromatic rings. The highest BCUT2D eigenvalue weighted by Gasteiger charge is 3.12. The maximum absolute atomic E-state index is 13.8. The highest BCUT2D eigenvalue weighted by atomic mass is 79.9. The molecule has 0 aliphatic heterocycles. The molecule has 1 N–H and O–H groups in total. The van der Waals surface area contributed by atoms with Crippen LogP contribution in [0.3, 0.4) is 0 Å². The second-order valence-corrected chi connectivity index (χ2v) is 11.4. The van der Waals surface area contributed by atoms with Crippen LogP contribution in [0.1, 0.15) is 10.4 Å². The SMILES string of the molecule is COC(=O)C12C3C4C1C1C2C3C41NC(=O)c1c(Cl)c(-c2ccccc2)nc2ccc(Br)cc12.